The molecule has 0 aromatic heterocycles. The van der Waals surface area contributed by atoms with E-state index in [4.69, 9.17) is 22.2 Å². The Balaban J connectivity index is 2.60. The minimum atomic E-state index is 0.0658. The van der Waals surface area contributed by atoms with Crippen LogP contribution in [0.2, 0.25) is 5.02 Å². The largest absolute Gasteiger partial charge is 0.377 e. The van der Waals surface area contributed by atoms with Gasteiger partial charge in [0.05, 0.1) is 12.7 Å². The summed E-state index contributed by atoms with van der Waals surface area (Å²) in [5, 5.41) is 0.740. The Bertz CT molecular complexity index is 360. The molecule has 17 heavy (non-hydrogen) atoms. The molecule has 3 N–H and O–H groups in total. The van der Waals surface area contributed by atoms with Gasteiger partial charge in [0.1, 0.15) is 0 Å². The molecule has 1 aromatic rings. The summed E-state index contributed by atoms with van der Waals surface area (Å²) in [6, 6.07) is 5.91. The van der Waals surface area contributed by atoms with Crippen molar-refractivity contribution in [2.75, 3.05) is 6.61 Å². The predicted octanol–water partition coefficient (Wildman–Crippen LogP) is 2.90. The van der Waals surface area contributed by atoms with Gasteiger partial charge in [-0.3, -0.25) is 11.3 Å². The van der Waals surface area contributed by atoms with Gasteiger partial charge in [-0.05, 0) is 38.0 Å². The summed E-state index contributed by atoms with van der Waals surface area (Å²) in [7, 11) is 0. The predicted molar refractivity (Wildman–Crippen MR) is 75.1 cm³/mol. The zero-order chi connectivity index (χ0) is 12.8. The quantitative estimate of drug-likeness (QED) is 0.625. The normalized spacial score (nSPS) is 13.1. The van der Waals surface area contributed by atoms with Crippen LogP contribution in [-0.2, 0) is 11.2 Å². The smallest absolute Gasteiger partial charge is 0.0639 e. The molecule has 1 aromatic carbocycles. The highest BCUT2D eigenvalue weighted by Crippen LogP contribution is 2.22. The van der Waals surface area contributed by atoms with Crippen molar-refractivity contribution in [3.63, 3.8) is 0 Å². The second-order valence-electron chi connectivity index (χ2n) is 4.19. The number of hydrazine groups is 1. The number of nitrogens with one attached hydrogen (secondary N) is 1. The third-order valence-electron chi connectivity index (χ3n) is 2.35. The lowest BCUT2D eigenvalue weighted by Crippen LogP contribution is -2.40. The van der Waals surface area contributed by atoms with Gasteiger partial charge in [-0.1, -0.05) is 33.6 Å². The molecule has 0 bridgehead atoms. The van der Waals surface area contributed by atoms with Crippen molar-refractivity contribution < 1.29 is 4.74 Å². The van der Waals surface area contributed by atoms with Crippen molar-refractivity contribution in [2.45, 2.75) is 32.4 Å². The lowest BCUT2D eigenvalue weighted by molar-refractivity contribution is 0.0613. The number of benzene rings is 1. The summed E-state index contributed by atoms with van der Waals surface area (Å²) in [6.07, 6.45) is 0.946. The molecule has 0 saturated heterocycles. The third kappa shape index (κ3) is 5.36. The van der Waals surface area contributed by atoms with Crippen molar-refractivity contribution in [3.8, 4) is 0 Å². The number of halogens is 2. The SMILES string of the molecule is CC(C)OCC(Cc1ccc(Br)cc1Cl)NN. The van der Waals surface area contributed by atoms with Crippen LogP contribution >= 0.6 is 27.5 Å². The van der Waals surface area contributed by atoms with E-state index in [0.29, 0.717) is 6.61 Å². The monoisotopic (exact) mass is 320 g/mol. The average molecular weight is 322 g/mol. The summed E-state index contributed by atoms with van der Waals surface area (Å²) in [5.74, 6) is 5.50. The molecule has 0 fully saturated rings. The minimum absolute atomic E-state index is 0.0658. The molecule has 0 radical (unpaired) electrons. The number of hydrogen-bond acceptors (Lipinski definition) is 3. The number of nitrogens with two attached hydrogens (primary N) is 1. The lowest BCUT2D eigenvalue weighted by Gasteiger charge is -2.18. The van der Waals surface area contributed by atoms with E-state index in [9.17, 15) is 0 Å². The first-order valence-corrected chi connectivity index (χ1v) is 6.71. The lowest BCUT2D eigenvalue weighted by atomic mass is 10.1. The first-order chi connectivity index (χ1) is 8.02. The van der Waals surface area contributed by atoms with Gasteiger partial charge in [0.2, 0.25) is 0 Å². The molecule has 1 atom stereocenters. The van der Waals surface area contributed by atoms with E-state index in [1.165, 1.54) is 0 Å². The zero-order valence-corrected chi connectivity index (χ0v) is 12.4. The Morgan fingerprint density at radius 1 is 1.47 bits per heavy atom. The molecule has 0 aliphatic rings. The van der Waals surface area contributed by atoms with E-state index in [1.807, 2.05) is 32.0 Å². The summed E-state index contributed by atoms with van der Waals surface area (Å²) < 4.78 is 6.51. The van der Waals surface area contributed by atoms with Gasteiger partial charge in [-0.25, -0.2) is 0 Å². The maximum absolute atomic E-state index is 6.15. The van der Waals surface area contributed by atoms with Crippen molar-refractivity contribution in [3.05, 3.63) is 33.3 Å². The zero-order valence-electron chi connectivity index (χ0n) is 10.0. The molecule has 3 nitrogen and oxygen atoms in total. The number of ether oxygens (including phenoxy) is 1. The standard InChI is InChI=1S/C12H18BrClN2O/c1-8(2)17-7-11(16-15)5-9-3-4-10(13)6-12(9)14/h3-4,6,8,11,16H,5,7,15H2,1-2H3. The molecular weight excluding hydrogens is 304 g/mol. The average Bonchev–Trinajstić information content (AvgIpc) is 2.26. The van der Waals surface area contributed by atoms with Gasteiger partial charge in [-0.2, -0.15) is 0 Å². The molecule has 0 heterocycles. The Kier molecular flexibility index (Phi) is 6.44. The first kappa shape index (κ1) is 14.9. The minimum Gasteiger partial charge on any atom is -0.377 e. The van der Waals surface area contributed by atoms with Crippen LogP contribution in [0.15, 0.2) is 22.7 Å². The van der Waals surface area contributed by atoms with Crippen molar-refractivity contribution in [2.24, 2.45) is 5.84 Å². The van der Waals surface area contributed by atoms with Crippen LogP contribution in [0.1, 0.15) is 19.4 Å². The highest BCUT2D eigenvalue weighted by Gasteiger charge is 2.11. The van der Waals surface area contributed by atoms with E-state index < -0.39 is 0 Å². The highest BCUT2D eigenvalue weighted by molar-refractivity contribution is 9.10. The molecule has 0 aliphatic heterocycles. The van der Waals surface area contributed by atoms with E-state index >= 15 is 0 Å². The van der Waals surface area contributed by atoms with Gasteiger partial charge in [-0.15, -0.1) is 0 Å². The van der Waals surface area contributed by atoms with Crippen LogP contribution in [0.3, 0.4) is 0 Å². The number of hydrogen-bond donors (Lipinski definition) is 2. The van der Waals surface area contributed by atoms with E-state index in [0.717, 1.165) is 21.5 Å². The van der Waals surface area contributed by atoms with Gasteiger partial charge in [0.25, 0.3) is 0 Å². The van der Waals surface area contributed by atoms with E-state index in [2.05, 4.69) is 21.4 Å². The topological polar surface area (TPSA) is 47.3 Å². The van der Waals surface area contributed by atoms with Crippen LogP contribution in [0.25, 0.3) is 0 Å². The van der Waals surface area contributed by atoms with Crippen molar-refractivity contribution >= 4 is 27.5 Å². The van der Waals surface area contributed by atoms with Crippen molar-refractivity contribution in [1.29, 1.82) is 0 Å². The van der Waals surface area contributed by atoms with Gasteiger partial charge in [0, 0.05) is 15.5 Å². The molecule has 0 saturated carbocycles. The molecular formula is C12H18BrClN2O. The van der Waals surface area contributed by atoms with E-state index in [-0.39, 0.29) is 12.1 Å². The Hall–Kier alpha value is -0.130. The fraction of sp³-hybridized carbons (Fsp3) is 0.500. The molecule has 5 heteroatoms. The third-order valence-corrected chi connectivity index (χ3v) is 3.19. The molecule has 96 valence electrons. The van der Waals surface area contributed by atoms with Crippen LogP contribution < -0.4 is 11.3 Å². The maximum Gasteiger partial charge on any atom is 0.0639 e. The summed E-state index contributed by atoms with van der Waals surface area (Å²) >= 11 is 9.53. The molecule has 1 rings (SSSR count). The fourth-order valence-electron chi connectivity index (χ4n) is 1.43. The second kappa shape index (κ2) is 7.34. The van der Waals surface area contributed by atoms with Crippen molar-refractivity contribution in [1.82, 2.24) is 5.43 Å². The van der Waals surface area contributed by atoms with Crippen LogP contribution in [-0.4, -0.2) is 18.8 Å². The second-order valence-corrected chi connectivity index (χ2v) is 5.51. The molecule has 1 unspecified atom stereocenters. The Morgan fingerprint density at radius 2 is 2.18 bits per heavy atom. The summed E-state index contributed by atoms with van der Waals surface area (Å²) in [4.78, 5) is 0. The Morgan fingerprint density at radius 3 is 2.71 bits per heavy atom. The summed E-state index contributed by atoms with van der Waals surface area (Å²) in [5.41, 5.74) is 3.81. The first-order valence-electron chi connectivity index (χ1n) is 5.54. The Labute approximate surface area is 116 Å². The van der Waals surface area contributed by atoms with E-state index in [1.54, 1.807) is 0 Å². The van der Waals surface area contributed by atoms with Crippen LogP contribution in [0, 0.1) is 0 Å². The summed E-state index contributed by atoms with van der Waals surface area (Å²) in [6.45, 7) is 4.57. The fourth-order valence-corrected chi connectivity index (χ4v) is 2.18. The van der Waals surface area contributed by atoms with Gasteiger partial charge >= 0.3 is 0 Å². The maximum atomic E-state index is 6.15. The molecule has 0 aliphatic carbocycles. The van der Waals surface area contributed by atoms with Gasteiger partial charge in [0.15, 0.2) is 0 Å². The molecule has 0 spiro atoms. The number of rotatable bonds is 6. The molecule has 0 amide bonds. The van der Waals surface area contributed by atoms with Crippen LogP contribution in [0.5, 0.6) is 0 Å². The van der Waals surface area contributed by atoms with Crippen LogP contribution in [0.4, 0.5) is 0 Å². The highest BCUT2D eigenvalue weighted by atomic mass is 79.9. The van der Waals surface area contributed by atoms with Gasteiger partial charge < -0.3 is 4.74 Å².